The molecule has 0 amide bonds. The van der Waals surface area contributed by atoms with Crippen LogP contribution in [0.25, 0.3) is 0 Å². The molecule has 0 bridgehead atoms. The van der Waals surface area contributed by atoms with Crippen LogP contribution >= 0.6 is 11.6 Å². The number of rotatable bonds is 7. The topological polar surface area (TPSA) is 21.3 Å². The third-order valence-electron chi connectivity index (χ3n) is 1.86. The Morgan fingerprint density at radius 3 is 2.54 bits per heavy atom. The van der Waals surface area contributed by atoms with E-state index in [0.717, 1.165) is 13.2 Å². The second-order valence-electron chi connectivity index (χ2n) is 3.41. The fraction of sp³-hybridized carbons (Fsp3) is 0.800. The Labute approximate surface area is 86.3 Å². The van der Waals surface area contributed by atoms with Gasteiger partial charge in [-0.1, -0.05) is 32.0 Å². The predicted molar refractivity (Wildman–Crippen MR) is 58.1 cm³/mol. The first-order valence-electron chi connectivity index (χ1n) is 4.72. The van der Waals surface area contributed by atoms with Crippen molar-refractivity contribution in [2.45, 2.75) is 26.8 Å². The van der Waals surface area contributed by atoms with Crippen LogP contribution in [0.15, 0.2) is 11.6 Å². The summed E-state index contributed by atoms with van der Waals surface area (Å²) in [7, 11) is 0. The standard InChI is InChI=1S/C10H20ClNO/c1-5-13-7-10(8(2)3)12-6-9(4)11/h8,10,12H,4-7H2,1-3H3. The van der Waals surface area contributed by atoms with Crippen LogP contribution in [0.3, 0.4) is 0 Å². The summed E-state index contributed by atoms with van der Waals surface area (Å²) in [4.78, 5) is 0. The zero-order valence-corrected chi connectivity index (χ0v) is 9.53. The van der Waals surface area contributed by atoms with Gasteiger partial charge in [-0.15, -0.1) is 0 Å². The van der Waals surface area contributed by atoms with E-state index in [4.69, 9.17) is 16.3 Å². The predicted octanol–water partition coefficient (Wildman–Crippen LogP) is 2.39. The summed E-state index contributed by atoms with van der Waals surface area (Å²) < 4.78 is 5.35. The van der Waals surface area contributed by atoms with Crippen LogP contribution in [0.1, 0.15) is 20.8 Å². The van der Waals surface area contributed by atoms with Crippen molar-refractivity contribution in [3.05, 3.63) is 11.6 Å². The van der Waals surface area contributed by atoms with Crippen molar-refractivity contribution in [2.75, 3.05) is 19.8 Å². The van der Waals surface area contributed by atoms with Gasteiger partial charge in [0.1, 0.15) is 0 Å². The van der Waals surface area contributed by atoms with Crippen molar-refractivity contribution in [2.24, 2.45) is 5.92 Å². The van der Waals surface area contributed by atoms with Crippen LogP contribution in [0.5, 0.6) is 0 Å². The van der Waals surface area contributed by atoms with Gasteiger partial charge < -0.3 is 10.1 Å². The van der Waals surface area contributed by atoms with Crippen molar-refractivity contribution < 1.29 is 4.74 Å². The highest BCUT2D eigenvalue weighted by molar-refractivity contribution is 6.29. The molecular weight excluding hydrogens is 186 g/mol. The number of nitrogens with one attached hydrogen (secondary N) is 1. The summed E-state index contributed by atoms with van der Waals surface area (Å²) in [5.74, 6) is 0.544. The number of ether oxygens (including phenoxy) is 1. The van der Waals surface area contributed by atoms with E-state index in [0.29, 0.717) is 23.5 Å². The van der Waals surface area contributed by atoms with E-state index in [1.54, 1.807) is 0 Å². The molecular formula is C10H20ClNO. The molecule has 2 nitrogen and oxygen atoms in total. The minimum Gasteiger partial charge on any atom is -0.380 e. The Bertz CT molecular complexity index is 148. The van der Waals surface area contributed by atoms with Crippen LogP contribution in [-0.4, -0.2) is 25.8 Å². The Morgan fingerprint density at radius 1 is 1.54 bits per heavy atom. The molecule has 0 fully saturated rings. The maximum atomic E-state index is 5.66. The monoisotopic (exact) mass is 205 g/mol. The largest absolute Gasteiger partial charge is 0.380 e. The minimum absolute atomic E-state index is 0.357. The van der Waals surface area contributed by atoms with Gasteiger partial charge in [0.2, 0.25) is 0 Å². The fourth-order valence-electron chi connectivity index (χ4n) is 0.974. The van der Waals surface area contributed by atoms with E-state index in [-0.39, 0.29) is 0 Å². The lowest BCUT2D eigenvalue weighted by atomic mass is 10.1. The van der Waals surface area contributed by atoms with Gasteiger partial charge in [-0.25, -0.2) is 0 Å². The summed E-state index contributed by atoms with van der Waals surface area (Å²) >= 11 is 5.66. The lowest BCUT2D eigenvalue weighted by molar-refractivity contribution is 0.110. The molecule has 3 heteroatoms. The second-order valence-corrected chi connectivity index (χ2v) is 3.94. The SMILES string of the molecule is C=C(Cl)CNC(COCC)C(C)C. The number of hydrogen-bond donors (Lipinski definition) is 1. The molecule has 0 aromatic heterocycles. The maximum absolute atomic E-state index is 5.66. The molecule has 0 aliphatic heterocycles. The van der Waals surface area contributed by atoms with Crippen LogP contribution in [0.4, 0.5) is 0 Å². The number of halogens is 1. The average Bonchev–Trinajstić information content (AvgIpc) is 2.03. The van der Waals surface area contributed by atoms with Gasteiger partial charge in [-0.05, 0) is 12.8 Å². The maximum Gasteiger partial charge on any atom is 0.0622 e. The van der Waals surface area contributed by atoms with Crippen LogP contribution in [0.2, 0.25) is 0 Å². The van der Waals surface area contributed by atoms with Crippen molar-refractivity contribution in [3.63, 3.8) is 0 Å². The van der Waals surface area contributed by atoms with E-state index in [1.807, 2.05) is 6.92 Å². The van der Waals surface area contributed by atoms with Crippen LogP contribution in [-0.2, 0) is 4.74 Å². The zero-order valence-electron chi connectivity index (χ0n) is 8.77. The first-order chi connectivity index (χ1) is 6.07. The first kappa shape index (κ1) is 12.9. The lowest BCUT2D eigenvalue weighted by Gasteiger charge is -2.21. The van der Waals surface area contributed by atoms with Gasteiger partial charge in [0.25, 0.3) is 0 Å². The quantitative estimate of drug-likeness (QED) is 0.689. The highest BCUT2D eigenvalue weighted by Gasteiger charge is 2.12. The molecule has 78 valence electrons. The molecule has 1 unspecified atom stereocenters. The third kappa shape index (κ3) is 7.05. The van der Waals surface area contributed by atoms with Crippen LogP contribution in [0, 0.1) is 5.92 Å². The van der Waals surface area contributed by atoms with E-state index in [2.05, 4.69) is 25.7 Å². The van der Waals surface area contributed by atoms with Crippen molar-refractivity contribution in [1.29, 1.82) is 0 Å². The molecule has 1 N–H and O–H groups in total. The van der Waals surface area contributed by atoms with Gasteiger partial charge in [-0.3, -0.25) is 0 Å². The highest BCUT2D eigenvalue weighted by Crippen LogP contribution is 2.03. The first-order valence-corrected chi connectivity index (χ1v) is 5.10. The average molecular weight is 206 g/mol. The zero-order chi connectivity index (χ0) is 10.3. The number of hydrogen-bond acceptors (Lipinski definition) is 2. The normalized spacial score (nSPS) is 13.3. The Balaban J connectivity index is 3.73. The van der Waals surface area contributed by atoms with Gasteiger partial charge in [0, 0.05) is 24.2 Å². The molecule has 0 aromatic rings. The summed E-state index contributed by atoms with van der Waals surface area (Å²) in [6, 6.07) is 0.357. The Kier molecular flexibility index (Phi) is 7.33. The molecule has 0 saturated carbocycles. The molecule has 0 aliphatic carbocycles. The van der Waals surface area contributed by atoms with E-state index < -0.39 is 0 Å². The van der Waals surface area contributed by atoms with Gasteiger partial charge >= 0.3 is 0 Å². The molecule has 1 atom stereocenters. The summed E-state index contributed by atoms with van der Waals surface area (Å²) in [6.45, 7) is 12.1. The summed E-state index contributed by atoms with van der Waals surface area (Å²) in [5, 5.41) is 3.94. The highest BCUT2D eigenvalue weighted by atomic mass is 35.5. The molecule has 0 heterocycles. The van der Waals surface area contributed by atoms with Crippen LogP contribution < -0.4 is 5.32 Å². The molecule has 0 radical (unpaired) electrons. The smallest absolute Gasteiger partial charge is 0.0622 e. The van der Waals surface area contributed by atoms with Gasteiger partial charge in [0.15, 0.2) is 0 Å². The van der Waals surface area contributed by atoms with Gasteiger partial charge in [-0.2, -0.15) is 0 Å². The molecule has 0 rings (SSSR count). The van der Waals surface area contributed by atoms with E-state index >= 15 is 0 Å². The van der Waals surface area contributed by atoms with Gasteiger partial charge in [0.05, 0.1) is 6.61 Å². The van der Waals surface area contributed by atoms with Crippen molar-refractivity contribution in [3.8, 4) is 0 Å². The Hall–Kier alpha value is -0.0500. The van der Waals surface area contributed by atoms with E-state index in [1.165, 1.54) is 0 Å². The lowest BCUT2D eigenvalue weighted by Crippen LogP contribution is -2.38. The molecule has 0 spiro atoms. The molecule has 0 aromatic carbocycles. The fourth-order valence-corrected chi connectivity index (χ4v) is 1.05. The summed E-state index contributed by atoms with van der Waals surface area (Å²) in [5.41, 5.74) is 0. The third-order valence-corrected chi connectivity index (χ3v) is 2.00. The minimum atomic E-state index is 0.357. The molecule has 0 aliphatic rings. The van der Waals surface area contributed by atoms with Crippen molar-refractivity contribution >= 4 is 11.6 Å². The molecule has 0 saturated heterocycles. The Morgan fingerprint density at radius 2 is 2.15 bits per heavy atom. The molecule has 13 heavy (non-hydrogen) atoms. The van der Waals surface area contributed by atoms with Crippen molar-refractivity contribution in [1.82, 2.24) is 5.32 Å². The summed E-state index contributed by atoms with van der Waals surface area (Å²) in [6.07, 6.45) is 0. The van der Waals surface area contributed by atoms with E-state index in [9.17, 15) is 0 Å². The second kappa shape index (κ2) is 7.36.